The van der Waals surface area contributed by atoms with Gasteiger partial charge in [-0.2, -0.15) is 0 Å². The van der Waals surface area contributed by atoms with Crippen LogP contribution < -0.4 is 5.32 Å². The van der Waals surface area contributed by atoms with Crippen LogP contribution in [0, 0.1) is 0 Å². The van der Waals surface area contributed by atoms with Crippen LogP contribution in [0.15, 0.2) is 18.2 Å². The molecule has 1 nitrogen and oxygen atoms in total. The van der Waals surface area contributed by atoms with Gasteiger partial charge in [0.15, 0.2) is 0 Å². The van der Waals surface area contributed by atoms with Gasteiger partial charge in [0, 0.05) is 16.1 Å². The molecule has 0 amide bonds. The first kappa shape index (κ1) is 15.8. The second kappa shape index (κ2) is 8.79. The van der Waals surface area contributed by atoms with E-state index in [2.05, 4.69) is 12.2 Å². The van der Waals surface area contributed by atoms with Crippen LogP contribution >= 0.6 is 23.2 Å². The largest absolute Gasteiger partial charge is 0.313 e. The van der Waals surface area contributed by atoms with Gasteiger partial charge in [0.25, 0.3) is 0 Å². The second-order valence-electron chi connectivity index (χ2n) is 4.71. The van der Waals surface area contributed by atoms with Crippen LogP contribution in [-0.4, -0.2) is 7.05 Å². The van der Waals surface area contributed by atoms with E-state index in [1.165, 1.54) is 32.1 Å². The fourth-order valence-electron chi connectivity index (χ4n) is 2.19. The van der Waals surface area contributed by atoms with Crippen molar-refractivity contribution in [2.24, 2.45) is 0 Å². The molecule has 1 aromatic carbocycles. The molecule has 3 heteroatoms. The highest BCUT2D eigenvalue weighted by molar-refractivity contribution is 6.33. The summed E-state index contributed by atoms with van der Waals surface area (Å²) < 4.78 is 0. The molecule has 0 saturated carbocycles. The monoisotopic (exact) mass is 287 g/mol. The molecule has 0 bridgehead atoms. The van der Waals surface area contributed by atoms with Crippen molar-refractivity contribution in [3.8, 4) is 0 Å². The van der Waals surface area contributed by atoms with E-state index in [1.807, 2.05) is 25.2 Å². The van der Waals surface area contributed by atoms with Gasteiger partial charge < -0.3 is 5.32 Å². The van der Waals surface area contributed by atoms with Gasteiger partial charge in [-0.25, -0.2) is 0 Å². The number of unbranched alkanes of at least 4 members (excludes halogenated alkanes) is 4. The minimum Gasteiger partial charge on any atom is -0.313 e. The molecule has 18 heavy (non-hydrogen) atoms. The van der Waals surface area contributed by atoms with Crippen LogP contribution in [0.1, 0.15) is 57.1 Å². The highest BCUT2D eigenvalue weighted by Crippen LogP contribution is 2.29. The van der Waals surface area contributed by atoms with E-state index < -0.39 is 0 Å². The van der Waals surface area contributed by atoms with Crippen LogP contribution in [0.2, 0.25) is 10.0 Å². The van der Waals surface area contributed by atoms with Crippen molar-refractivity contribution < 1.29 is 0 Å². The van der Waals surface area contributed by atoms with Gasteiger partial charge in [0.05, 0.1) is 0 Å². The van der Waals surface area contributed by atoms with Crippen molar-refractivity contribution in [1.82, 2.24) is 5.32 Å². The summed E-state index contributed by atoms with van der Waals surface area (Å²) in [4.78, 5) is 0. The smallest absolute Gasteiger partial charge is 0.0454 e. The summed E-state index contributed by atoms with van der Waals surface area (Å²) in [5, 5.41) is 4.88. The molecule has 0 radical (unpaired) electrons. The van der Waals surface area contributed by atoms with Gasteiger partial charge in [-0.1, -0.05) is 62.2 Å². The third-order valence-corrected chi connectivity index (χ3v) is 3.86. The molecule has 0 aromatic heterocycles. The lowest BCUT2D eigenvalue weighted by atomic mass is 10.00. The van der Waals surface area contributed by atoms with E-state index in [0.29, 0.717) is 6.04 Å². The molecule has 0 heterocycles. The number of halogens is 2. The fraction of sp³-hybridized carbons (Fsp3) is 0.600. The zero-order chi connectivity index (χ0) is 13.4. The maximum Gasteiger partial charge on any atom is 0.0454 e. The first-order chi connectivity index (χ1) is 8.69. The average molecular weight is 288 g/mol. The number of benzene rings is 1. The third-order valence-electron chi connectivity index (χ3n) is 3.28. The second-order valence-corrected chi connectivity index (χ2v) is 5.55. The fourth-order valence-corrected chi connectivity index (χ4v) is 2.62. The van der Waals surface area contributed by atoms with Crippen LogP contribution in [0.4, 0.5) is 0 Å². The molecule has 0 aliphatic rings. The van der Waals surface area contributed by atoms with E-state index >= 15 is 0 Å². The molecule has 1 atom stereocenters. The molecule has 1 unspecified atom stereocenters. The summed E-state index contributed by atoms with van der Waals surface area (Å²) in [5.74, 6) is 0. The van der Waals surface area contributed by atoms with E-state index in [1.54, 1.807) is 0 Å². The highest BCUT2D eigenvalue weighted by Gasteiger charge is 2.12. The van der Waals surface area contributed by atoms with Crippen molar-refractivity contribution in [3.05, 3.63) is 33.8 Å². The lowest BCUT2D eigenvalue weighted by molar-refractivity contribution is 0.501. The molecular formula is C15H23Cl2N. The molecule has 0 fully saturated rings. The molecule has 1 aromatic rings. The van der Waals surface area contributed by atoms with E-state index in [4.69, 9.17) is 23.2 Å². The average Bonchev–Trinajstić information content (AvgIpc) is 2.37. The van der Waals surface area contributed by atoms with Gasteiger partial charge in [-0.3, -0.25) is 0 Å². The molecule has 102 valence electrons. The van der Waals surface area contributed by atoms with Crippen molar-refractivity contribution in [2.75, 3.05) is 7.05 Å². The summed E-state index contributed by atoms with van der Waals surface area (Å²) in [6, 6.07) is 5.98. The summed E-state index contributed by atoms with van der Waals surface area (Å²) in [6.07, 6.45) is 7.59. The summed E-state index contributed by atoms with van der Waals surface area (Å²) in [7, 11) is 1.98. The molecule has 1 N–H and O–H groups in total. The minimum absolute atomic E-state index is 0.304. The number of nitrogens with one attached hydrogen (secondary N) is 1. The Bertz CT molecular complexity index is 352. The first-order valence-corrected chi connectivity index (χ1v) is 7.56. The van der Waals surface area contributed by atoms with Crippen LogP contribution in [0.5, 0.6) is 0 Å². The zero-order valence-corrected chi connectivity index (χ0v) is 12.8. The molecule has 0 spiro atoms. The lowest BCUT2D eigenvalue weighted by Crippen LogP contribution is -2.16. The van der Waals surface area contributed by atoms with Crippen LogP contribution in [-0.2, 0) is 0 Å². The lowest BCUT2D eigenvalue weighted by Gasteiger charge is -2.18. The Morgan fingerprint density at radius 1 is 1.11 bits per heavy atom. The minimum atomic E-state index is 0.304. The van der Waals surface area contributed by atoms with Gasteiger partial charge in [-0.15, -0.1) is 0 Å². The van der Waals surface area contributed by atoms with Crippen molar-refractivity contribution in [2.45, 2.75) is 51.5 Å². The number of rotatable bonds is 8. The Labute approximate surface area is 121 Å². The van der Waals surface area contributed by atoms with E-state index in [0.717, 1.165) is 22.0 Å². The highest BCUT2D eigenvalue weighted by atomic mass is 35.5. The maximum atomic E-state index is 6.23. The quantitative estimate of drug-likeness (QED) is 0.613. The van der Waals surface area contributed by atoms with E-state index in [-0.39, 0.29) is 0 Å². The van der Waals surface area contributed by atoms with Crippen LogP contribution in [0.3, 0.4) is 0 Å². The van der Waals surface area contributed by atoms with Gasteiger partial charge in [0.1, 0.15) is 0 Å². The molecule has 1 rings (SSSR count). The van der Waals surface area contributed by atoms with Gasteiger partial charge >= 0.3 is 0 Å². The zero-order valence-electron chi connectivity index (χ0n) is 11.3. The summed E-state index contributed by atoms with van der Waals surface area (Å²) in [5.41, 5.74) is 1.11. The molecule has 0 saturated heterocycles. The summed E-state index contributed by atoms with van der Waals surface area (Å²) in [6.45, 7) is 2.24. The molecule has 0 aliphatic heterocycles. The predicted octanol–water partition coefficient (Wildman–Crippen LogP) is 5.61. The Morgan fingerprint density at radius 2 is 1.83 bits per heavy atom. The van der Waals surface area contributed by atoms with Gasteiger partial charge in [-0.05, 0) is 37.2 Å². The van der Waals surface area contributed by atoms with Crippen molar-refractivity contribution in [1.29, 1.82) is 0 Å². The van der Waals surface area contributed by atoms with E-state index in [9.17, 15) is 0 Å². The van der Waals surface area contributed by atoms with Crippen molar-refractivity contribution in [3.63, 3.8) is 0 Å². The Morgan fingerprint density at radius 3 is 2.50 bits per heavy atom. The van der Waals surface area contributed by atoms with Gasteiger partial charge in [0.2, 0.25) is 0 Å². The Balaban J connectivity index is 2.52. The SMILES string of the molecule is CCCCCCCC(NC)c1cc(Cl)ccc1Cl. The maximum absolute atomic E-state index is 6.23. The standard InChI is InChI=1S/C15H23Cl2N/c1-3-4-5-6-7-8-15(18-2)13-11-12(16)9-10-14(13)17/h9-11,15,18H,3-8H2,1-2H3. The topological polar surface area (TPSA) is 12.0 Å². The Kier molecular flexibility index (Phi) is 7.73. The molecule has 0 aliphatic carbocycles. The summed E-state index contributed by atoms with van der Waals surface area (Å²) >= 11 is 12.3. The molecular weight excluding hydrogens is 265 g/mol. The number of hydrogen-bond acceptors (Lipinski definition) is 1. The third kappa shape index (κ3) is 5.17. The first-order valence-electron chi connectivity index (χ1n) is 6.81. The normalized spacial score (nSPS) is 12.7. The van der Waals surface area contributed by atoms with Crippen LogP contribution in [0.25, 0.3) is 0 Å². The number of hydrogen-bond donors (Lipinski definition) is 1. The Hall–Kier alpha value is -0.240. The van der Waals surface area contributed by atoms with Crippen molar-refractivity contribution >= 4 is 23.2 Å². The predicted molar refractivity (Wildman–Crippen MR) is 81.6 cm³/mol.